The van der Waals surface area contributed by atoms with Gasteiger partial charge in [-0.25, -0.2) is 9.37 Å². The zero-order chi connectivity index (χ0) is 43.9. The number of rotatable bonds is 13. The van der Waals surface area contributed by atoms with Crippen LogP contribution in [0.3, 0.4) is 0 Å². The largest absolute Gasteiger partial charge is 0.494 e. The van der Waals surface area contributed by atoms with Crippen LogP contribution in [0.4, 0.5) is 33.2 Å². The number of hydrogen-bond donors (Lipinski definition) is 3. The number of halogens is 2. The van der Waals surface area contributed by atoms with E-state index in [2.05, 4.69) is 56.6 Å². The summed E-state index contributed by atoms with van der Waals surface area (Å²) in [5.41, 5.74) is 5.00. The van der Waals surface area contributed by atoms with E-state index in [-0.39, 0.29) is 48.2 Å². The summed E-state index contributed by atoms with van der Waals surface area (Å²) in [6, 6.07) is 10.1. The number of carbonyl (C=O) groups excluding carboxylic acids is 3. The molecule has 2 saturated heterocycles. The molecule has 5 heterocycles. The van der Waals surface area contributed by atoms with Gasteiger partial charge in [-0.2, -0.15) is 4.98 Å². The minimum atomic E-state index is -3.81. The summed E-state index contributed by atoms with van der Waals surface area (Å²) in [6.45, 7) is 3.91. The maximum atomic E-state index is 16.0. The summed E-state index contributed by atoms with van der Waals surface area (Å²) < 4.78 is 46.9. The quantitative estimate of drug-likeness (QED) is 0.0906. The van der Waals surface area contributed by atoms with Crippen molar-refractivity contribution in [2.45, 2.75) is 57.8 Å². The molecule has 3 aromatic carbocycles. The van der Waals surface area contributed by atoms with E-state index in [9.17, 15) is 18.9 Å². The van der Waals surface area contributed by atoms with Crippen LogP contribution < -0.4 is 30.9 Å². The molecular formula is C42H45BrFN10O7P. The van der Waals surface area contributed by atoms with Crippen LogP contribution in [0, 0.1) is 12.7 Å². The van der Waals surface area contributed by atoms with Gasteiger partial charge in [0, 0.05) is 93.4 Å². The third-order valence-electron chi connectivity index (χ3n) is 11.7. The number of piperidine rings is 2. The SMILES string of the molecule is COc1cc(N2CCC(N(C)Cc3ccc4c(c3F)CN(C3CCC(=O)NC3=O)C4=O)CC2)c(C)cc1Nc1ncc(Br)c(Nc2ccc3nccnc3c2P(=O)(OC)OC)n1. The lowest BCUT2D eigenvalue weighted by molar-refractivity contribution is -0.136. The van der Waals surface area contributed by atoms with E-state index < -0.39 is 31.3 Å². The number of anilines is 5. The van der Waals surface area contributed by atoms with Crippen LogP contribution in [-0.4, -0.2) is 101 Å². The first-order valence-electron chi connectivity index (χ1n) is 19.9. The molecule has 20 heteroatoms. The number of benzene rings is 3. The second kappa shape index (κ2) is 17.6. The van der Waals surface area contributed by atoms with E-state index in [0.29, 0.717) is 56.1 Å². The predicted molar refractivity (Wildman–Crippen MR) is 234 cm³/mol. The van der Waals surface area contributed by atoms with Crippen molar-refractivity contribution >= 4 is 86.4 Å². The van der Waals surface area contributed by atoms with Crippen LogP contribution >= 0.6 is 23.5 Å². The minimum absolute atomic E-state index is 0.00742. The number of aryl methyl sites for hydroxylation is 1. The summed E-state index contributed by atoms with van der Waals surface area (Å²) >= 11 is 3.53. The van der Waals surface area contributed by atoms with Crippen LogP contribution in [0.2, 0.25) is 0 Å². The van der Waals surface area contributed by atoms with Crippen LogP contribution in [0.5, 0.6) is 5.75 Å². The van der Waals surface area contributed by atoms with Gasteiger partial charge in [0.2, 0.25) is 17.8 Å². The molecule has 8 rings (SSSR count). The topological polar surface area (TPSA) is 193 Å². The first-order valence-corrected chi connectivity index (χ1v) is 22.3. The van der Waals surface area contributed by atoms with E-state index in [0.717, 1.165) is 37.2 Å². The summed E-state index contributed by atoms with van der Waals surface area (Å²) in [7, 11) is 2.40. The van der Waals surface area contributed by atoms with E-state index in [4.69, 9.17) is 18.8 Å². The molecule has 0 aliphatic carbocycles. The lowest BCUT2D eigenvalue weighted by Gasteiger charge is -2.38. The number of ether oxygens (including phenoxy) is 1. The number of nitrogens with one attached hydrogen (secondary N) is 3. The second-order valence-electron chi connectivity index (χ2n) is 15.3. The number of nitrogens with zero attached hydrogens (tertiary/aromatic N) is 7. The Morgan fingerprint density at radius 2 is 1.74 bits per heavy atom. The van der Waals surface area contributed by atoms with E-state index in [1.807, 2.05) is 26.1 Å². The average molecular weight is 932 g/mol. The summed E-state index contributed by atoms with van der Waals surface area (Å²) in [5.74, 6) is -0.486. The van der Waals surface area contributed by atoms with Crippen molar-refractivity contribution in [1.29, 1.82) is 0 Å². The Labute approximate surface area is 365 Å². The third-order valence-corrected chi connectivity index (χ3v) is 14.2. The lowest BCUT2D eigenvalue weighted by Crippen LogP contribution is -2.52. The molecule has 17 nitrogen and oxygen atoms in total. The molecule has 324 valence electrons. The predicted octanol–water partition coefficient (Wildman–Crippen LogP) is 6.10. The highest BCUT2D eigenvalue weighted by atomic mass is 79.9. The van der Waals surface area contributed by atoms with Gasteiger partial charge in [0.05, 0.1) is 35.0 Å². The molecule has 0 bridgehead atoms. The van der Waals surface area contributed by atoms with Crippen LogP contribution in [0.25, 0.3) is 11.0 Å². The molecule has 3 N–H and O–H groups in total. The van der Waals surface area contributed by atoms with Gasteiger partial charge in [0.25, 0.3) is 5.91 Å². The lowest BCUT2D eigenvalue weighted by atomic mass is 10.00. The maximum absolute atomic E-state index is 16.0. The van der Waals surface area contributed by atoms with Crippen LogP contribution in [0.1, 0.15) is 52.7 Å². The van der Waals surface area contributed by atoms with Gasteiger partial charge >= 0.3 is 7.60 Å². The molecule has 0 spiro atoms. The van der Waals surface area contributed by atoms with Gasteiger partial charge in [-0.15, -0.1) is 0 Å². The first kappa shape index (κ1) is 43.1. The van der Waals surface area contributed by atoms with Crippen molar-refractivity contribution in [3.8, 4) is 5.75 Å². The van der Waals surface area contributed by atoms with Gasteiger partial charge in [-0.3, -0.25) is 39.1 Å². The number of carbonyl (C=O) groups is 3. The first-order chi connectivity index (χ1) is 29.8. The second-order valence-corrected chi connectivity index (χ2v) is 18.4. The maximum Gasteiger partial charge on any atom is 0.365 e. The van der Waals surface area contributed by atoms with E-state index in [1.165, 1.54) is 25.3 Å². The van der Waals surface area contributed by atoms with Crippen molar-refractivity contribution in [2.24, 2.45) is 0 Å². The molecule has 0 radical (unpaired) electrons. The average Bonchev–Trinajstić information content (AvgIpc) is 3.61. The highest BCUT2D eigenvalue weighted by molar-refractivity contribution is 9.10. The fourth-order valence-corrected chi connectivity index (χ4v) is 10.1. The molecule has 2 aromatic heterocycles. The number of imide groups is 1. The third kappa shape index (κ3) is 8.22. The van der Waals surface area contributed by atoms with Gasteiger partial charge < -0.3 is 34.2 Å². The van der Waals surface area contributed by atoms with Crippen molar-refractivity contribution in [3.05, 3.63) is 87.5 Å². The van der Waals surface area contributed by atoms with E-state index >= 15 is 4.39 Å². The van der Waals surface area contributed by atoms with Gasteiger partial charge in [0.15, 0.2) is 0 Å². The Kier molecular flexibility index (Phi) is 12.3. The van der Waals surface area contributed by atoms with Crippen molar-refractivity contribution in [3.63, 3.8) is 0 Å². The molecule has 3 aliphatic rings. The minimum Gasteiger partial charge on any atom is -0.494 e. The number of methoxy groups -OCH3 is 1. The number of fused-ring (bicyclic) bond motifs is 2. The Morgan fingerprint density at radius 1 is 0.984 bits per heavy atom. The molecule has 1 unspecified atom stereocenters. The number of aromatic nitrogens is 4. The molecular weight excluding hydrogens is 886 g/mol. The van der Waals surface area contributed by atoms with E-state index in [1.54, 1.807) is 43.8 Å². The summed E-state index contributed by atoms with van der Waals surface area (Å²) in [5, 5.41) is 9.04. The van der Waals surface area contributed by atoms with Crippen LogP contribution in [-0.2, 0) is 36.3 Å². The smallest absolute Gasteiger partial charge is 0.365 e. The molecule has 5 aromatic rings. The highest BCUT2D eigenvalue weighted by Gasteiger charge is 2.41. The van der Waals surface area contributed by atoms with Gasteiger partial charge in [0.1, 0.15) is 34.2 Å². The molecule has 62 heavy (non-hydrogen) atoms. The molecule has 2 fully saturated rings. The Hall–Kier alpha value is -5.59. The Balaban J connectivity index is 0.931. The Morgan fingerprint density at radius 3 is 2.47 bits per heavy atom. The molecule has 3 amide bonds. The summed E-state index contributed by atoms with van der Waals surface area (Å²) in [6.07, 6.45) is 6.68. The van der Waals surface area contributed by atoms with Gasteiger partial charge in [-0.1, -0.05) is 6.07 Å². The molecule has 0 saturated carbocycles. The fraction of sp³-hybridized carbons (Fsp3) is 0.357. The highest BCUT2D eigenvalue weighted by Crippen LogP contribution is 2.49. The zero-order valence-electron chi connectivity index (χ0n) is 34.7. The normalized spacial score (nSPS) is 17.2. The summed E-state index contributed by atoms with van der Waals surface area (Å²) in [4.78, 5) is 61.1. The number of amides is 3. The monoisotopic (exact) mass is 930 g/mol. The van der Waals surface area contributed by atoms with Crippen LogP contribution in [0.15, 0.2) is 59.5 Å². The fourth-order valence-electron chi connectivity index (χ4n) is 8.42. The molecule has 1 atom stereocenters. The standard InChI is InChI=1S/C42H45BrFN10O7P/c1-23-18-31(49-42-47-20-28(43)39(51-42)48-30-9-8-29-37(46-15-14-45-29)38(30)62(58,60-4)61-5)34(59-3)19-33(23)53-16-12-25(13-17-53)52(2)21-24-6-7-26-27(36(24)44)22-54(41(26)57)32-10-11-35(55)50-40(32)56/h6-9,14-15,18-20,25,32H,10-13,16-17,21-22H2,1-5H3,(H,50,55,56)(H2,47,48,49,51). The van der Waals surface area contributed by atoms with Crippen molar-refractivity contribution < 1.29 is 37.1 Å². The van der Waals surface area contributed by atoms with Gasteiger partial charge in [-0.05, 0) is 79.0 Å². The molecule has 3 aliphatic heterocycles. The van der Waals surface area contributed by atoms with Crippen molar-refractivity contribution in [2.75, 3.05) is 57.0 Å². The van der Waals surface area contributed by atoms with Crippen molar-refractivity contribution in [1.82, 2.24) is 35.1 Å². The number of hydrogen-bond acceptors (Lipinski definition) is 15. The Bertz CT molecular complexity index is 2640. The zero-order valence-corrected chi connectivity index (χ0v) is 37.2.